The highest BCUT2D eigenvalue weighted by Crippen LogP contribution is 2.19. The van der Waals surface area contributed by atoms with Gasteiger partial charge in [0.05, 0.1) is 16.3 Å². The fourth-order valence-corrected chi connectivity index (χ4v) is 2.48. The molecule has 1 aromatic rings. The predicted molar refractivity (Wildman–Crippen MR) is 69.4 cm³/mol. The van der Waals surface area contributed by atoms with Crippen LogP contribution in [0, 0.1) is 0 Å². The molecule has 0 bridgehead atoms. The van der Waals surface area contributed by atoms with Crippen LogP contribution in [0.25, 0.3) is 0 Å². The summed E-state index contributed by atoms with van der Waals surface area (Å²) in [5.74, 6) is 0. The highest BCUT2D eigenvalue weighted by molar-refractivity contribution is 7.92. The van der Waals surface area contributed by atoms with Gasteiger partial charge in [-0.15, -0.1) is 0 Å². The van der Waals surface area contributed by atoms with Crippen molar-refractivity contribution >= 4 is 9.84 Å². The number of hydrogen-bond acceptors (Lipinski definition) is 4. The van der Waals surface area contributed by atoms with Crippen molar-refractivity contribution in [1.82, 2.24) is 4.90 Å². The topological polar surface area (TPSA) is 63.4 Å². The monoisotopic (exact) mass is 256 g/mol. The molecule has 96 valence electrons. The highest BCUT2D eigenvalue weighted by Gasteiger charge is 2.19. The fraction of sp³-hybridized carbons (Fsp3) is 0.500. The molecule has 0 spiro atoms. The summed E-state index contributed by atoms with van der Waals surface area (Å²) in [5, 5.41) is -0.407. The van der Waals surface area contributed by atoms with E-state index in [0.29, 0.717) is 4.90 Å². The van der Waals surface area contributed by atoms with E-state index < -0.39 is 15.1 Å². The number of hydrogen-bond donors (Lipinski definition) is 1. The Balaban J connectivity index is 3.05. The van der Waals surface area contributed by atoms with E-state index >= 15 is 0 Å². The quantitative estimate of drug-likeness (QED) is 0.827. The Labute approximate surface area is 103 Å². The first-order valence-electron chi connectivity index (χ1n) is 5.52. The average Bonchev–Trinajstić information content (AvgIpc) is 2.27. The molecule has 1 rings (SSSR count). The maximum Gasteiger partial charge on any atom is 0.180 e. The van der Waals surface area contributed by atoms with Gasteiger partial charge in [0.15, 0.2) is 9.84 Å². The normalized spacial score (nSPS) is 14.3. The molecule has 0 saturated carbocycles. The van der Waals surface area contributed by atoms with Gasteiger partial charge in [0, 0.05) is 0 Å². The Morgan fingerprint density at radius 2 is 1.59 bits per heavy atom. The van der Waals surface area contributed by atoms with Gasteiger partial charge in [-0.05, 0) is 45.6 Å². The lowest BCUT2D eigenvalue weighted by Gasteiger charge is -2.20. The van der Waals surface area contributed by atoms with Crippen molar-refractivity contribution in [2.75, 3.05) is 14.1 Å². The van der Waals surface area contributed by atoms with Gasteiger partial charge in [-0.2, -0.15) is 0 Å². The van der Waals surface area contributed by atoms with Gasteiger partial charge in [-0.1, -0.05) is 12.1 Å². The van der Waals surface area contributed by atoms with E-state index in [1.807, 2.05) is 19.0 Å². The minimum absolute atomic E-state index is 0.217. The molecule has 0 aromatic heterocycles. The minimum atomic E-state index is -3.19. The second-order valence-corrected chi connectivity index (χ2v) is 7.08. The van der Waals surface area contributed by atoms with Crippen LogP contribution >= 0.6 is 0 Å². The van der Waals surface area contributed by atoms with Crippen molar-refractivity contribution in [3.63, 3.8) is 0 Å². The maximum absolute atomic E-state index is 11.9. The summed E-state index contributed by atoms with van der Waals surface area (Å²) >= 11 is 0. The van der Waals surface area contributed by atoms with Crippen molar-refractivity contribution in [2.45, 2.75) is 30.2 Å². The third kappa shape index (κ3) is 3.06. The lowest BCUT2D eigenvalue weighted by Crippen LogP contribution is -2.27. The lowest BCUT2D eigenvalue weighted by molar-refractivity contribution is 0.307. The zero-order valence-corrected chi connectivity index (χ0v) is 11.5. The van der Waals surface area contributed by atoms with Gasteiger partial charge in [0.25, 0.3) is 0 Å². The smallest absolute Gasteiger partial charge is 0.180 e. The molecule has 0 aliphatic rings. The van der Waals surface area contributed by atoms with E-state index in [0.717, 1.165) is 5.56 Å². The van der Waals surface area contributed by atoms with E-state index in [9.17, 15) is 8.42 Å². The number of sulfone groups is 1. The molecule has 0 aliphatic heterocycles. The van der Waals surface area contributed by atoms with Crippen LogP contribution in [0.15, 0.2) is 29.2 Å². The van der Waals surface area contributed by atoms with Crippen molar-refractivity contribution in [3.05, 3.63) is 29.8 Å². The first-order valence-corrected chi connectivity index (χ1v) is 7.07. The van der Waals surface area contributed by atoms with E-state index in [-0.39, 0.29) is 6.17 Å². The number of nitrogens with two attached hydrogens (primary N) is 1. The van der Waals surface area contributed by atoms with Crippen LogP contribution in [-0.4, -0.2) is 32.7 Å². The Hall–Kier alpha value is -0.910. The van der Waals surface area contributed by atoms with E-state index in [4.69, 9.17) is 5.73 Å². The first-order chi connectivity index (χ1) is 7.76. The Kier molecular flexibility index (Phi) is 4.30. The number of nitrogens with zero attached hydrogens (tertiary/aromatic N) is 1. The summed E-state index contributed by atoms with van der Waals surface area (Å²) in [6.45, 7) is 3.35. The summed E-state index contributed by atoms with van der Waals surface area (Å²) in [6, 6.07) is 6.77. The van der Waals surface area contributed by atoms with Crippen LogP contribution in [0.4, 0.5) is 0 Å². The standard InChI is InChI=1S/C12H20N2O2S/c1-9(2)17(15,16)11-7-5-10(6-8-11)12(13)14(3)4/h5-9,12H,13H2,1-4H3. The van der Waals surface area contributed by atoms with Gasteiger partial charge >= 0.3 is 0 Å². The van der Waals surface area contributed by atoms with Crippen LogP contribution < -0.4 is 5.73 Å². The zero-order chi connectivity index (χ0) is 13.2. The van der Waals surface area contributed by atoms with Crippen LogP contribution in [0.5, 0.6) is 0 Å². The fourth-order valence-electron chi connectivity index (χ4n) is 1.42. The lowest BCUT2D eigenvalue weighted by atomic mass is 10.2. The van der Waals surface area contributed by atoms with Crippen molar-refractivity contribution in [2.24, 2.45) is 5.73 Å². The van der Waals surface area contributed by atoms with Gasteiger partial charge < -0.3 is 5.73 Å². The molecule has 0 amide bonds. The molecule has 0 aliphatic carbocycles. The number of rotatable bonds is 4. The highest BCUT2D eigenvalue weighted by atomic mass is 32.2. The predicted octanol–water partition coefficient (Wildman–Crippen LogP) is 1.39. The Bertz CT molecular complexity index is 464. The number of benzene rings is 1. The second-order valence-electron chi connectivity index (χ2n) is 4.57. The molecule has 17 heavy (non-hydrogen) atoms. The van der Waals surface area contributed by atoms with Crippen LogP contribution in [0.2, 0.25) is 0 Å². The van der Waals surface area contributed by atoms with Gasteiger partial charge in [-0.3, -0.25) is 4.90 Å². The van der Waals surface area contributed by atoms with E-state index in [1.165, 1.54) is 0 Å². The van der Waals surface area contributed by atoms with Crippen molar-refractivity contribution in [3.8, 4) is 0 Å². The first kappa shape index (κ1) is 14.2. The zero-order valence-electron chi connectivity index (χ0n) is 10.7. The largest absolute Gasteiger partial charge is 0.312 e. The summed E-state index contributed by atoms with van der Waals surface area (Å²) in [5.41, 5.74) is 6.83. The maximum atomic E-state index is 11.9. The van der Waals surface area contributed by atoms with Gasteiger partial charge in [-0.25, -0.2) is 8.42 Å². The average molecular weight is 256 g/mol. The van der Waals surface area contributed by atoms with E-state index in [2.05, 4.69) is 0 Å². The summed E-state index contributed by atoms with van der Waals surface area (Å²) in [6.07, 6.45) is -0.217. The molecule has 1 unspecified atom stereocenters. The third-order valence-electron chi connectivity index (χ3n) is 2.73. The van der Waals surface area contributed by atoms with Crippen molar-refractivity contribution < 1.29 is 8.42 Å². The van der Waals surface area contributed by atoms with Crippen LogP contribution in [0.3, 0.4) is 0 Å². The second kappa shape index (κ2) is 5.16. The molecule has 0 saturated heterocycles. The van der Waals surface area contributed by atoms with E-state index in [1.54, 1.807) is 38.1 Å². The molecule has 0 radical (unpaired) electrons. The molecular formula is C12H20N2O2S. The molecule has 5 heteroatoms. The molecule has 0 fully saturated rings. The molecule has 2 N–H and O–H groups in total. The molecule has 1 atom stereocenters. The minimum Gasteiger partial charge on any atom is -0.312 e. The summed E-state index contributed by atoms with van der Waals surface area (Å²) in [4.78, 5) is 2.22. The summed E-state index contributed by atoms with van der Waals surface area (Å²) < 4.78 is 23.8. The molecule has 0 heterocycles. The summed E-state index contributed by atoms with van der Waals surface area (Å²) in [7, 11) is 0.563. The van der Waals surface area contributed by atoms with Crippen LogP contribution in [0.1, 0.15) is 25.6 Å². The Morgan fingerprint density at radius 1 is 1.12 bits per heavy atom. The third-order valence-corrected chi connectivity index (χ3v) is 4.90. The molecule has 1 aromatic carbocycles. The SMILES string of the molecule is CC(C)S(=O)(=O)c1ccc(C(N)N(C)C)cc1. The van der Waals surface area contributed by atoms with Crippen molar-refractivity contribution in [1.29, 1.82) is 0 Å². The molecule has 4 nitrogen and oxygen atoms in total. The Morgan fingerprint density at radius 3 is 1.94 bits per heavy atom. The van der Waals surface area contributed by atoms with Gasteiger partial charge in [0.2, 0.25) is 0 Å². The molecular weight excluding hydrogens is 236 g/mol. The van der Waals surface area contributed by atoms with Crippen LogP contribution in [-0.2, 0) is 9.84 Å². The van der Waals surface area contributed by atoms with Gasteiger partial charge in [0.1, 0.15) is 0 Å².